The van der Waals surface area contributed by atoms with E-state index in [0.717, 1.165) is 27.6 Å². The van der Waals surface area contributed by atoms with E-state index in [-0.39, 0.29) is 5.91 Å². The molecule has 0 saturated carbocycles. The van der Waals surface area contributed by atoms with Crippen LogP contribution >= 0.6 is 11.8 Å². The Hall–Kier alpha value is -3.31. The molecule has 0 N–H and O–H groups in total. The summed E-state index contributed by atoms with van der Waals surface area (Å²) >= 11 is 1.42. The summed E-state index contributed by atoms with van der Waals surface area (Å²) in [6, 6.07) is 27.8. The average molecular weight is 429 g/mol. The second-order valence-corrected chi connectivity index (χ2v) is 8.05. The van der Waals surface area contributed by atoms with Crippen LogP contribution in [0.3, 0.4) is 0 Å². The molecule has 0 unspecified atom stereocenters. The lowest BCUT2D eigenvalue weighted by Crippen LogP contribution is -2.28. The van der Waals surface area contributed by atoms with Crippen molar-refractivity contribution in [2.75, 3.05) is 6.61 Å². The third-order valence-electron chi connectivity index (χ3n) is 4.82. The van der Waals surface area contributed by atoms with Crippen LogP contribution in [0.1, 0.15) is 23.6 Å². The topological polar surface area (TPSA) is 41.9 Å². The molecule has 4 rings (SSSR count). The summed E-state index contributed by atoms with van der Waals surface area (Å²) in [6.45, 7) is 3.55. The van der Waals surface area contributed by atoms with Gasteiger partial charge in [-0.25, -0.2) is 0 Å². The van der Waals surface area contributed by atoms with E-state index in [1.54, 1.807) is 4.90 Å². The van der Waals surface area contributed by atoms with E-state index >= 15 is 0 Å². The molecular formula is C26H24N2O2S. The van der Waals surface area contributed by atoms with Gasteiger partial charge in [0.05, 0.1) is 24.6 Å². The fourth-order valence-corrected chi connectivity index (χ4v) is 4.27. The molecule has 3 aromatic carbocycles. The minimum atomic E-state index is -0.0352. The van der Waals surface area contributed by atoms with Crippen LogP contribution in [-0.2, 0) is 17.9 Å². The largest absolute Gasteiger partial charge is 0.493 e. The second-order valence-electron chi connectivity index (χ2n) is 7.04. The zero-order chi connectivity index (χ0) is 21.5. The summed E-state index contributed by atoms with van der Waals surface area (Å²) in [7, 11) is 0. The van der Waals surface area contributed by atoms with E-state index in [9.17, 15) is 4.79 Å². The van der Waals surface area contributed by atoms with Crippen molar-refractivity contribution in [1.82, 2.24) is 4.90 Å². The van der Waals surface area contributed by atoms with Gasteiger partial charge in [0, 0.05) is 5.56 Å². The second kappa shape index (κ2) is 10.1. The van der Waals surface area contributed by atoms with Gasteiger partial charge in [0.15, 0.2) is 5.17 Å². The van der Waals surface area contributed by atoms with Gasteiger partial charge in [-0.2, -0.15) is 0 Å². The van der Waals surface area contributed by atoms with Gasteiger partial charge < -0.3 is 4.74 Å². The molecule has 0 atom stereocenters. The van der Waals surface area contributed by atoms with Crippen LogP contribution in [0.15, 0.2) is 94.8 Å². The monoisotopic (exact) mass is 428 g/mol. The maximum Gasteiger partial charge on any atom is 0.267 e. The summed E-state index contributed by atoms with van der Waals surface area (Å²) in [5, 5.41) is 0.720. The number of rotatable bonds is 7. The van der Waals surface area contributed by atoms with Gasteiger partial charge in [0.25, 0.3) is 5.91 Å². The molecule has 5 heteroatoms. The maximum absolute atomic E-state index is 13.3. The number of aliphatic imine (C=N–C) groups is 1. The minimum Gasteiger partial charge on any atom is -0.493 e. The van der Waals surface area contributed by atoms with Gasteiger partial charge in [-0.15, -0.1) is 0 Å². The highest BCUT2D eigenvalue weighted by Gasteiger charge is 2.33. The summed E-state index contributed by atoms with van der Waals surface area (Å²) in [6.07, 6.45) is 1.90. The van der Waals surface area contributed by atoms with Gasteiger partial charge in [0.1, 0.15) is 5.75 Å². The van der Waals surface area contributed by atoms with Crippen molar-refractivity contribution in [3.05, 3.63) is 107 Å². The van der Waals surface area contributed by atoms with E-state index in [4.69, 9.17) is 9.73 Å². The predicted octanol–water partition coefficient (Wildman–Crippen LogP) is 5.76. The first-order valence-corrected chi connectivity index (χ1v) is 11.1. The van der Waals surface area contributed by atoms with Crippen LogP contribution in [0.25, 0.3) is 6.08 Å². The molecule has 31 heavy (non-hydrogen) atoms. The molecule has 0 bridgehead atoms. The third-order valence-corrected chi connectivity index (χ3v) is 5.86. The van der Waals surface area contributed by atoms with E-state index < -0.39 is 0 Å². The lowest BCUT2D eigenvalue weighted by molar-refractivity contribution is -0.122. The zero-order valence-electron chi connectivity index (χ0n) is 17.4. The fraction of sp³-hybridized carbons (Fsp3) is 0.154. The van der Waals surface area contributed by atoms with Crippen LogP contribution in [0, 0.1) is 0 Å². The molecule has 1 saturated heterocycles. The number of carbonyl (C=O) groups is 1. The Bertz CT molecular complexity index is 1090. The molecule has 4 nitrogen and oxygen atoms in total. The highest BCUT2D eigenvalue weighted by atomic mass is 32.2. The zero-order valence-corrected chi connectivity index (χ0v) is 18.2. The number of carbonyl (C=O) groups excluding carboxylic acids is 1. The Kier molecular flexibility index (Phi) is 6.85. The first-order chi connectivity index (χ1) is 15.2. The number of thioether (sulfide) groups is 1. The van der Waals surface area contributed by atoms with Crippen LogP contribution < -0.4 is 4.74 Å². The molecular weight excluding hydrogens is 404 g/mol. The number of hydrogen-bond donors (Lipinski definition) is 0. The predicted molar refractivity (Wildman–Crippen MR) is 128 cm³/mol. The number of para-hydroxylation sites is 1. The molecule has 1 fully saturated rings. The summed E-state index contributed by atoms with van der Waals surface area (Å²) in [4.78, 5) is 20.5. The highest BCUT2D eigenvalue weighted by molar-refractivity contribution is 8.18. The SMILES string of the molecule is CCOc1ccccc1/C=C1/SC(=NCc2ccccc2)N(Cc2ccccc2)C1=O. The first-order valence-electron chi connectivity index (χ1n) is 10.3. The standard InChI is InChI=1S/C26H24N2O2S/c1-2-30-23-16-10-9-15-22(23)17-24-25(29)28(19-21-13-7-4-8-14-21)26(31-24)27-18-20-11-5-3-6-12-20/h3-17H,2,18-19H2,1H3/b24-17+,27-26?. The Morgan fingerprint density at radius 3 is 2.26 bits per heavy atom. The van der Waals surface area contributed by atoms with Gasteiger partial charge in [-0.1, -0.05) is 78.9 Å². The van der Waals surface area contributed by atoms with Gasteiger partial charge in [-0.05, 0) is 42.0 Å². The third kappa shape index (κ3) is 5.25. The van der Waals surface area contributed by atoms with Crippen LogP contribution in [0.5, 0.6) is 5.75 Å². The number of amidine groups is 1. The van der Waals surface area contributed by atoms with Crippen molar-refractivity contribution in [3.8, 4) is 5.75 Å². The van der Waals surface area contributed by atoms with Gasteiger partial charge in [0.2, 0.25) is 0 Å². The van der Waals surface area contributed by atoms with E-state index in [2.05, 4.69) is 0 Å². The molecule has 156 valence electrons. The summed E-state index contributed by atoms with van der Waals surface area (Å²) in [5.41, 5.74) is 3.07. The van der Waals surface area contributed by atoms with Crippen molar-refractivity contribution >= 4 is 28.9 Å². The summed E-state index contributed by atoms with van der Waals surface area (Å²) in [5.74, 6) is 0.738. The van der Waals surface area contributed by atoms with E-state index in [1.807, 2.05) is 97.9 Å². The molecule has 0 aromatic heterocycles. The molecule has 3 aromatic rings. The molecule has 1 aliphatic rings. The molecule has 1 heterocycles. The molecule has 1 aliphatic heterocycles. The molecule has 1 amide bonds. The number of amides is 1. The van der Waals surface area contributed by atoms with Crippen LogP contribution in [0.4, 0.5) is 0 Å². The molecule has 0 radical (unpaired) electrons. The van der Waals surface area contributed by atoms with Gasteiger partial charge in [-0.3, -0.25) is 14.7 Å². The lowest BCUT2D eigenvalue weighted by Gasteiger charge is -2.15. The van der Waals surface area contributed by atoms with Crippen molar-refractivity contribution in [1.29, 1.82) is 0 Å². The number of nitrogens with zero attached hydrogens (tertiary/aromatic N) is 2. The van der Waals surface area contributed by atoms with E-state index in [0.29, 0.717) is 24.6 Å². The Labute approximate surface area is 187 Å². The normalized spacial score (nSPS) is 16.3. The minimum absolute atomic E-state index is 0.0352. The fourth-order valence-electron chi connectivity index (χ4n) is 3.30. The average Bonchev–Trinajstić information content (AvgIpc) is 3.09. The Morgan fingerprint density at radius 1 is 0.903 bits per heavy atom. The smallest absolute Gasteiger partial charge is 0.267 e. The van der Waals surface area contributed by atoms with Crippen LogP contribution in [-0.4, -0.2) is 22.6 Å². The first kappa shape index (κ1) is 20.9. The van der Waals surface area contributed by atoms with Crippen molar-refractivity contribution < 1.29 is 9.53 Å². The van der Waals surface area contributed by atoms with Crippen molar-refractivity contribution in [2.24, 2.45) is 4.99 Å². The molecule has 0 spiro atoms. The highest BCUT2D eigenvalue weighted by Crippen LogP contribution is 2.35. The maximum atomic E-state index is 13.3. The van der Waals surface area contributed by atoms with E-state index in [1.165, 1.54) is 11.8 Å². The van der Waals surface area contributed by atoms with Crippen LogP contribution in [0.2, 0.25) is 0 Å². The quantitative estimate of drug-likeness (QED) is 0.450. The lowest BCUT2D eigenvalue weighted by atomic mass is 10.1. The Balaban J connectivity index is 1.65. The summed E-state index contributed by atoms with van der Waals surface area (Å²) < 4.78 is 5.73. The number of ether oxygens (including phenoxy) is 1. The molecule has 0 aliphatic carbocycles. The van der Waals surface area contributed by atoms with Gasteiger partial charge >= 0.3 is 0 Å². The Morgan fingerprint density at radius 2 is 1.55 bits per heavy atom. The van der Waals surface area contributed by atoms with Crippen molar-refractivity contribution in [3.63, 3.8) is 0 Å². The van der Waals surface area contributed by atoms with Crippen molar-refractivity contribution in [2.45, 2.75) is 20.0 Å². The number of hydrogen-bond acceptors (Lipinski definition) is 4. The number of benzene rings is 3.